The van der Waals surface area contributed by atoms with Crippen LogP contribution in [-0.4, -0.2) is 29.1 Å². The first-order valence-corrected chi connectivity index (χ1v) is 8.09. The Morgan fingerprint density at radius 2 is 2.04 bits per heavy atom. The van der Waals surface area contributed by atoms with Crippen LogP contribution in [-0.2, 0) is 13.0 Å². The van der Waals surface area contributed by atoms with Crippen molar-refractivity contribution in [3.63, 3.8) is 0 Å². The molecule has 5 nitrogen and oxygen atoms in total. The number of aryl methyl sites for hydroxylation is 1. The molecule has 0 aliphatic heterocycles. The molecular formula is C19H21N3O2. The third-order valence-electron chi connectivity index (χ3n) is 4.02. The smallest absolute Gasteiger partial charge is 0.251 e. The van der Waals surface area contributed by atoms with Gasteiger partial charge >= 0.3 is 0 Å². The molecule has 0 atom stereocenters. The summed E-state index contributed by atoms with van der Waals surface area (Å²) in [6.45, 7) is 3.51. The number of aromatic nitrogens is 2. The van der Waals surface area contributed by atoms with E-state index in [0.717, 1.165) is 23.4 Å². The lowest BCUT2D eigenvalue weighted by Gasteiger charge is -2.08. The molecule has 0 saturated heterocycles. The van der Waals surface area contributed by atoms with E-state index in [1.807, 2.05) is 30.3 Å². The molecule has 0 fully saturated rings. The SMILES string of the molecule is CCn1c(CCNC(=O)c2cccc(OC)c2)nc2ccccc21. The van der Waals surface area contributed by atoms with Gasteiger partial charge in [-0.25, -0.2) is 4.98 Å². The van der Waals surface area contributed by atoms with Crippen molar-refractivity contribution >= 4 is 16.9 Å². The predicted octanol–water partition coefficient (Wildman–Crippen LogP) is 3.04. The number of fused-ring (bicyclic) bond motifs is 1. The number of carbonyl (C=O) groups excluding carboxylic acids is 1. The molecule has 0 bridgehead atoms. The maximum Gasteiger partial charge on any atom is 0.251 e. The number of hydrogen-bond acceptors (Lipinski definition) is 3. The lowest BCUT2D eigenvalue weighted by Crippen LogP contribution is -2.26. The summed E-state index contributed by atoms with van der Waals surface area (Å²) in [6, 6.07) is 15.2. The molecule has 3 aromatic rings. The molecule has 0 aliphatic carbocycles. The van der Waals surface area contributed by atoms with Gasteiger partial charge in [0.15, 0.2) is 0 Å². The average Bonchev–Trinajstić information content (AvgIpc) is 2.99. The lowest BCUT2D eigenvalue weighted by molar-refractivity contribution is 0.0953. The third kappa shape index (κ3) is 3.25. The summed E-state index contributed by atoms with van der Waals surface area (Å²) in [5, 5.41) is 2.95. The van der Waals surface area contributed by atoms with Gasteiger partial charge in [0.25, 0.3) is 5.91 Å². The molecule has 124 valence electrons. The van der Waals surface area contributed by atoms with Gasteiger partial charge in [0.1, 0.15) is 11.6 Å². The van der Waals surface area contributed by atoms with Crippen molar-refractivity contribution in [2.45, 2.75) is 19.9 Å². The summed E-state index contributed by atoms with van der Waals surface area (Å²) in [7, 11) is 1.59. The first kappa shape index (κ1) is 16.1. The van der Waals surface area contributed by atoms with Gasteiger partial charge in [-0.2, -0.15) is 0 Å². The highest BCUT2D eigenvalue weighted by Gasteiger charge is 2.10. The fourth-order valence-corrected chi connectivity index (χ4v) is 2.82. The second-order valence-electron chi connectivity index (χ2n) is 5.50. The number of nitrogens with one attached hydrogen (secondary N) is 1. The normalized spacial score (nSPS) is 10.8. The summed E-state index contributed by atoms with van der Waals surface area (Å²) >= 11 is 0. The largest absolute Gasteiger partial charge is 0.497 e. The van der Waals surface area contributed by atoms with Crippen LogP contribution in [0.25, 0.3) is 11.0 Å². The monoisotopic (exact) mass is 323 g/mol. The van der Waals surface area contributed by atoms with Gasteiger partial charge in [0.05, 0.1) is 18.1 Å². The van der Waals surface area contributed by atoms with Gasteiger partial charge in [-0.3, -0.25) is 4.79 Å². The van der Waals surface area contributed by atoms with Crippen LogP contribution >= 0.6 is 0 Å². The second kappa shape index (κ2) is 7.17. The maximum atomic E-state index is 12.2. The first-order valence-electron chi connectivity index (χ1n) is 8.09. The highest BCUT2D eigenvalue weighted by Crippen LogP contribution is 2.16. The Hall–Kier alpha value is -2.82. The molecule has 0 aliphatic rings. The van der Waals surface area contributed by atoms with Gasteiger partial charge in [-0.1, -0.05) is 18.2 Å². The number of methoxy groups -OCH3 is 1. The number of imidazole rings is 1. The summed E-state index contributed by atoms with van der Waals surface area (Å²) in [5.74, 6) is 1.56. The fraction of sp³-hybridized carbons (Fsp3) is 0.263. The number of carbonyl (C=O) groups is 1. The highest BCUT2D eigenvalue weighted by molar-refractivity contribution is 5.94. The minimum absolute atomic E-state index is 0.104. The van der Waals surface area contributed by atoms with E-state index in [9.17, 15) is 4.79 Å². The molecule has 0 spiro atoms. The fourth-order valence-electron chi connectivity index (χ4n) is 2.82. The molecule has 1 amide bonds. The Morgan fingerprint density at radius 3 is 2.83 bits per heavy atom. The Labute approximate surface area is 141 Å². The number of ether oxygens (including phenoxy) is 1. The van der Waals surface area contributed by atoms with E-state index in [-0.39, 0.29) is 5.91 Å². The van der Waals surface area contributed by atoms with Crippen molar-refractivity contribution in [2.24, 2.45) is 0 Å². The molecule has 3 rings (SSSR count). The molecular weight excluding hydrogens is 302 g/mol. The van der Waals surface area contributed by atoms with Crippen molar-refractivity contribution in [1.29, 1.82) is 0 Å². The van der Waals surface area contributed by atoms with Crippen molar-refractivity contribution in [1.82, 2.24) is 14.9 Å². The van der Waals surface area contributed by atoms with Crippen LogP contribution in [0.3, 0.4) is 0 Å². The van der Waals surface area contributed by atoms with Crippen LogP contribution in [0.2, 0.25) is 0 Å². The van der Waals surface area contributed by atoms with Crippen molar-refractivity contribution in [3.05, 3.63) is 59.9 Å². The number of benzene rings is 2. The number of nitrogens with zero attached hydrogens (tertiary/aromatic N) is 2. The van der Waals surface area contributed by atoms with Gasteiger partial charge in [0.2, 0.25) is 0 Å². The van der Waals surface area contributed by atoms with Crippen LogP contribution < -0.4 is 10.1 Å². The lowest BCUT2D eigenvalue weighted by atomic mass is 10.2. The summed E-state index contributed by atoms with van der Waals surface area (Å²) < 4.78 is 7.34. The zero-order valence-electron chi connectivity index (χ0n) is 14.0. The third-order valence-corrected chi connectivity index (χ3v) is 4.02. The number of para-hydroxylation sites is 2. The number of hydrogen-bond donors (Lipinski definition) is 1. The Kier molecular flexibility index (Phi) is 4.79. The zero-order chi connectivity index (χ0) is 16.9. The van der Waals surface area contributed by atoms with Crippen LogP contribution in [0.4, 0.5) is 0 Å². The molecule has 1 heterocycles. The minimum atomic E-state index is -0.104. The molecule has 1 N–H and O–H groups in total. The molecule has 5 heteroatoms. The standard InChI is InChI=1S/C19H21N3O2/c1-3-22-17-10-5-4-9-16(17)21-18(22)11-12-20-19(23)14-7-6-8-15(13-14)24-2/h4-10,13H,3,11-12H2,1-2H3,(H,20,23). The first-order chi connectivity index (χ1) is 11.7. The second-order valence-corrected chi connectivity index (χ2v) is 5.50. The van der Waals surface area contributed by atoms with Gasteiger partial charge in [0, 0.05) is 25.1 Å². The molecule has 0 radical (unpaired) electrons. The predicted molar refractivity (Wildman–Crippen MR) is 94.4 cm³/mol. The van der Waals surface area contributed by atoms with E-state index >= 15 is 0 Å². The minimum Gasteiger partial charge on any atom is -0.497 e. The van der Waals surface area contributed by atoms with E-state index in [0.29, 0.717) is 24.3 Å². The maximum absolute atomic E-state index is 12.2. The van der Waals surface area contributed by atoms with Crippen LogP contribution in [0.1, 0.15) is 23.1 Å². The summed E-state index contributed by atoms with van der Waals surface area (Å²) in [6.07, 6.45) is 0.693. The van der Waals surface area contributed by atoms with Gasteiger partial charge < -0.3 is 14.6 Å². The average molecular weight is 323 g/mol. The van der Waals surface area contributed by atoms with E-state index < -0.39 is 0 Å². The van der Waals surface area contributed by atoms with E-state index in [1.54, 1.807) is 19.2 Å². The number of rotatable bonds is 6. The molecule has 0 unspecified atom stereocenters. The summed E-state index contributed by atoms with van der Waals surface area (Å²) in [5.41, 5.74) is 2.72. The molecule has 0 saturated carbocycles. The Morgan fingerprint density at radius 1 is 1.21 bits per heavy atom. The van der Waals surface area contributed by atoms with Crippen LogP contribution in [0.15, 0.2) is 48.5 Å². The molecule has 2 aromatic carbocycles. The van der Waals surface area contributed by atoms with Crippen molar-refractivity contribution in [2.75, 3.05) is 13.7 Å². The van der Waals surface area contributed by atoms with E-state index in [4.69, 9.17) is 4.74 Å². The number of amides is 1. The van der Waals surface area contributed by atoms with Crippen molar-refractivity contribution in [3.8, 4) is 5.75 Å². The topological polar surface area (TPSA) is 56.2 Å². The molecule has 1 aromatic heterocycles. The Bertz CT molecular complexity index is 855. The summed E-state index contributed by atoms with van der Waals surface area (Å²) in [4.78, 5) is 16.9. The van der Waals surface area contributed by atoms with Gasteiger partial charge in [-0.15, -0.1) is 0 Å². The Balaban J connectivity index is 1.67. The van der Waals surface area contributed by atoms with Gasteiger partial charge in [-0.05, 0) is 37.3 Å². The van der Waals surface area contributed by atoms with E-state index in [1.165, 1.54) is 0 Å². The zero-order valence-corrected chi connectivity index (χ0v) is 14.0. The van der Waals surface area contributed by atoms with E-state index in [2.05, 4.69) is 27.9 Å². The van der Waals surface area contributed by atoms with Crippen LogP contribution in [0.5, 0.6) is 5.75 Å². The van der Waals surface area contributed by atoms with Crippen LogP contribution in [0, 0.1) is 0 Å². The quantitative estimate of drug-likeness (QED) is 0.758. The van der Waals surface area contributed by atoms with Crippen molar-refractivity contribution < 1.29 is 9.53 Å². The molecule has 24 heavy (non-hydrogen) atoms. The highest BCUT2D eigenvalue weighted by atomic mass is 16.5.